The summed E-state index contributed by atoms with van der Waals surface area (Å²) < 4.78 is 5.84. The van der Waals surface area contributed by atoms with Gasteiger partial charge in [0.2, 0.25) is 5.88 Å². The summed E-state index contributed by atoms with van der Waals surface area (Å²) in [6, 6.07) is 14.1. The molecule has 21 heavy (non-hydrogen) atoms. The topological polar surface area (TPSA) is 37.7 Å². The summed E-state index contributed by atoms with van der Waals surface area (Å²) in [6.07, 6.45) is 6.04. The molecule has 4 heteroatoms. The minimum atomic E-state index is 0.618. The lowest BCUT2D eigenvalue weighted by molar-refractivity contribution is 0.389. The Hall–Kier alpha value is -2.62. The highest BCUT2D eigenvalue weighted by molar-refractivity contribution is 5.83. The monoisotopic (exact) mass is 279 g/mol. The Labute approximate surface area is 124 Å². The fraction of sp³-hybridized carbons (Fsp3) is 0.176. The van der Waals surface area contributed by atoms with E-state index in [-0.39, 0.29) is 0 Å². The van der Waals surface area contributed by atoms with E-state index in [9.17, 15) is 0 Å². The molecule has 0 radical (unpaired) electrons. The molecule has 2 heterocycles. The third-order valence-corrected chi connectivity index (χ3v) is 3.35. The maximum atomic E-state index is 5.84. The summed E-state index contributed by atoms with van der Waals surface area (Å²) in [5.41, 5.74) is 2.09. The molecule has 0 amide bonds. The average molecular weight is 279 g/mol. The van der Waals surface area contributed by atoms with Gasteiger partial charge in [-0.1, -0.05) is 18.2 Å². The number of fused-ring (bicyclic) bond motifs is 1. The fourth-order valence-corrected chi connectivity index (χ4v) is 2.14. The predicted molar refractivity (Wildman–Crippen MR) is 84.9 cm³/mol. The molecule has 0 atom stereocenters. The lowest BCUT2D eigenvalue weighted by atomic mass is 10.2. The molecule has 0 saturated carbocycles. The lowest BCUT2D eigenvalue weighted by Gasteiger charge is -2.19. The van der Waals surface area contributed by atoms with Crippen molar-refractivity contribution in [2.24, 2.45) is 4.99 Å². The maximum Gasteiger partial charge on any atom is 0.227 e. The molecule has 0 aliphatic carbocycles. The molecule has 0 saturated heterocycles. The first-order chi connectivity index (χ1) is 10.3. The Morgan fingerprint density at radius 1 is 1.10 bits per heavy atom. The first-order valence-corrected chi connectivity index (χ1v) is 6.94. The van der Waals surface area contributed by atoms with Gasteiger partial charge in [0, 0.05) is 38.1 Å². The molecular formula is C17H17N3O. The summed E-state index contributed by atoms with van der Waals surface area (Å²) in [4.78, 5) is 10.7. The largest absolute Gasteiger partial charge is 0.441 e. The van der Waals surface area contributed by atoms with E-state index in [1.165, 1.54) is 5.69 Å². The van der Waals surface area contributed by atoms with E-state index in [1.807, 2.05) is 30.3 Å². The maximum absolute atomic E-state index is 5.84. The van der Waals surface area contributed by atoms with Gasteiger partial charge in [0.1, 0.15) is 5.76 Å². The van der Waals surface area contributed by atoms with Gasteiger partial charge in [-0.15, -0.1) is 0 Å². The number of nitrogens with zero attached hydrogens (tertiary/aromatic N) is 3. The van der Waals surface area contributed by atoms with Crippen molar-refractivity contribution in [1.82, 2.24) is 4.98 Å². The van der Waals surface area contributed by atoms with Gasteiger partial charge in [-0.2, -0.15) is 0 Å². The molecule has 0 bridgehead atoms. The summed E-state index contributed by atoms with van der Waals surface area (Å²) >= 11 is 0. The first kappa shape index (κ1) is 13.4. The van der Waals surface area contributed by atoms with Crippen molar-refractivity contribution in [3.63, 3.8) is 0 Å². The molecule has 0 fully saturated rings. The second-order valence-corrected chi connectivity index (χ2v) is 4.88. The number of benzene rings is 1. The summed E-state index contributed by atoms with van der Waals surface area (Å²) in [5, 5.41) is 0. The van der Waals surface area contributed by atoms with Crippen molar-refractivity contribution in [3.8, 4) is 5.88 Å². The molecule has 106 valence electrons. The molecule has 1 aliphatic rings. The number of rotatable bonds is 4. The summed E-state index contributed by atoms with van der Waals surface area (Å²) in [6.45, 7) is 0.855. The number of hydrogen-bond acceptors (Lipinski definition) is 4. The lowest BCUT2D eigenvalue weighted by Crippen LogP contribution is -2.19. The highest BCUT2D eigenvalue weighted by Crippen LogP contribution is 2.20. The van der Waals surface area contributed by atoms with Crippen LogP contribution in [0.1, 0.15) is 12.0 Å². The van der Waals surface area contributed by atoms with Gasteiger partial charge in [-0.05, 0) is 24.3 Å². The van der Waals surface area contributed by atoms with Gasteiger partial charge in [0.25, 0.3) is 0 Å². The van der Waals surface area contributed by atoms with Gasteiger partial charge < -0.3 is 9.64 Å². The van der Waals surface area contributed by atoms with E-state index in [0.29, 0.717) is 5.88 Å². The second kappa shape index (κ2) is 6.22. The summed E-state index contributed by atoms with van der Waals surface area (Å²) in [5.74, 6) is 1.44. The van der Waals surface area contributed by atoms with Gasteiger partial charge in [0.15, 0.2) is 0 Å². The Balaban J connectivity index is 1.64. The van der Waals surface area contributed by atoms with Crippen LogP contribution in [0.25, 0.3) is 0 Å². The Morgan fingerprint density at radius 3 is 2.81 bits per heavy atom. The van der Waals surface area contributed by atoms with E-state index in [0.717, 1.165) is 24.3 Å². The molecule has 4 nitrogen and oxygen atoms in total. The van der Waals surface area contributed by atoms with Gasteiger partial charge in [0.05, 0.1) is 11.8 Å². The van der Waals surface area contributed by atoms with Crippen LogP contribution in [-0.4, -0.2) is 24.8 Å². The van der Waals surface area contributed by atoms with E-state index < -0.39 is 0 Å². The fourth-order valence-electron chi connectivity index (χ4n) is 2.14. The van der Waals surface area contributed by atoms with Crippen LogP contribution in [0.15, 0.2) is 65.6 Å². The Bertz CT molecular complexity index is 665. The van der Waals surface area contributed by atoms with Gasteiger partial charge >= 0.3 is 0 Å². The first-order valence-electron chi connectivity index (χ1n) is 6.94. The molecule has 2 aromatic rings. The van der Waals surface area contributed by atoms with Crippen LogP contribution in [0, 0.1) is 0 Å². The van der Waals surface area contributed by atoms with Crippen molar-refractivity contribution < 1.29 is 4.74 Å². The van der Waals surface area contributed by atoms with Crippen molar-refractivity contribution >= 4 is 11.9 Å². The van der Waals surface area contributed by atoms with E-state index in [4.69, 9.17) is 4.74 Å². The number of aliphatic imine (C=N–C) groups is 1. The van der Waals surface area contributed by atoms with Crippen LogP contribution in [0.4, 0.5) is 5.69 Å². The number of pyridine rings is 1. The predicted octanol–water partition coefficient (Wildman–Crippen LogP) is 3.26. The van der Waals surface area contributed by atoms with Crippen LogP contribution in [0.2, 0.25) is 0 Å². The summed E-state index contributed by atoms with van der Waals surface area (Å²) in [7, 11) is 2.07. The highest BCUT2D eigenvalue weighted by Gasteiger charge is 2.10. The molecule has 0 unspecified atom stereocenters. The number of anilines is 1. The zero-order valence-electron chi connectivity index (χ0n) is 11.9. The molecular weight excluding hydrogens is 262 g/mol. The molecule has 1 aromatic carbocycles. The number of ether oxygens (including phenoxy) is 1. The highest BCUT2D eigenvalue weighted by atomic mass is 16.5. The third-order valence-electron chi connectivity index (χ3n) is 3.35. The van der Waals surface area contributed by atoms with Crippen LogP contribution in [0.3, 0.4) is 0 Å². The minimum Gasteiger partial charge on any atom is -0.441 e. The number of hydrogen-bond donors (Lipinski definition) is 0. The molecule has 1 aromatic heterocycles. The van der Waals surface area contributed by atoms with Gasteiger partial charge in [-0.25, -0.2) is 4.98 Å². The van der Waals surface area contributed by atoms with E-state index in [1.54, 1.807) is 18.6 Å². The van der Waals surface area contributed by atoms with Crippen molar-refractivity contribution in [1.29, 1.82) is 0 Å². The third kappa shape index (κ3) is 3.28. The standard InChI is InChI=1S/C17H17N3O/c1-20(15-7-3-2-4-8-15)11-9-16-13-18-12-14-6-5-10-19-17(14)21-16/h2-8,10,12-13H,9,11H2,1H3. The Kier molecular flexibility index (Phi) is 3.96. The number of para-hydroxylation sites is 1. The molecule has 3 rings (SSSR count). The number of aromatic nitrogens is 1. The molecule has 0 spiro atoms. The van der Waals surface area contributed by atoms with E-state index >= 15 is 0 Å². The average Bonchev–Trinajstić information content (AvgIpc) is 2.75. The van der Waals surface area contributed by atoms with Crippen LogP contribution >= 0.6 is 0 Å². The second-order valence-electron chi connectivity index (χ2n) is 4.88. The minimum absolute atomic E-state index is 0.618. The van der Waals surface area contributed by atoms with Crippen molar-refractivity contribution in [2.45, 2.75) is 6.42 Å². The van der Waals surface area contributed by atoms with E-state index in [2.05, 4.69) is 34.1 Å². The van der Waals surface area contributed by atoms with Crippen LogP contribution in [-0.2, 0) is 0 Å². The van der Waals surface area contributed by atoms with Crippen LogP contribution in [0.5, 0.6) is 5.88 Å². The smallest absolute Gasteiger partial charge is 0.227 e. The van der Waals surface area contributed by atoms with Gasteiger partial charge in [-0.3, -0.25) is 4.99 Å². The quantitative estimate of drug-likeness (QED) is 0.862. The zero-order valence-corrected chi connectivity index (χ0v) is 11.9. The Morgan fingerprint density at radius 2 is 1.95 bits per heavy atom. The molecule has 1 aliphatic heterocycles. The SMILES string of the molecule is CN(CCC1=CN=Cc2cccnc2O1)c1ccccc1. The van der Waals surface area contributed by atoms with Crippen molar-refractivity contribution in [2.75, 3.05) is 18.5 Å². The van der Waals surface area contributed by atoms with Crippen molar-refractivity contribution in [3.05, 3.63) is 66.2 Å². The van der Waals surface area contributed by atoms with Crippen LogP contribution < -0.4 is 9.64 Å². The normalized spacial score (nSPS) is 12.9. The molecule has 0 N–H and O–H groups in total. The zero-order chi connectivity index (χ0) is 14.5.